The quantitative estimate of drug-likeness (QED) is 0.443. The molecule has 1 rings (SSSR count). The fourth-order valence-electron chi connectivity index (χ4n) is 2.55. The van der Waals surface area contributed by atoms with Crippen LogP contribution < -0.4 is 0 Å². The van der Waals surface area contributed by atoms with Gasteiger partial charge in [-0.05, 0) is 0 Å². The summed E-state index contributed by atoms with van der Waals surface area (Å²) >= 11 is 17.5. The van der Waals surface area contributed by atoms with Gasteiger partial charge in [0.1, 0.15) is 0 Å². The van der Waals surface area contributed by atoms with E-state index >= 15 is 0 Å². The molecule has 0 amide bonds. The molecule has 0 spiro atoms. The minimum absolute atomic E-state index is 0.153. The zero-order chi connectivity index (χ0) is 12.6. The molecule has 2 atom stereocenters. The molecule has 1 heterocycles. The highest BCUT2D eigenvalue weighted by atomic mass is 35.6. The van der Waals surface area contributed by atoms with Crippen molar-refractivity contribution in [2.45, 2.75) is 54.3 Å². The summed E-state index contributed by atoms with van der Waals surface area (Å²) < 4.78 is 3.54. The minimum Gasteiger partial charge on any atom is -0.457 e. The molecule has 0 aromatic rings. The van der Waals surface area contributed by atoms with Crippen LogP contribution in [0.25, 0.3) is 0 Å². The lowest BCUT2D eigenvalue weighted by atomic mass is 10.2. The lowest BCUT2D eigenvalue weighted by molar-refractivity contribution is -0.169. The standard InChI is InChI=1S/C10H17Cl3O2Si/c1-4-16(5-2,6-3)7-8(10(11,12)13)15-9(7)14/h7-8H,4-6H2,1-3H3. The van der Waals surface area contributed by atoms with Crippen LogP contribution in [0.4, 0.5) is 0 Å². The van der Waals surface area contributed by atoms with Gasteiger partial charge in [0, 0.05) is 0 Å². The Morgan fingerprint density at radius 1 is 1.19 bits per heavy atom. The molecule has 1 aliphatic rings. The molecule has 0 aromatic heterocycles. The first kappa shape index (κ1) is 14.6. The summed E-state index contributed by atoms with van der Waals surface area (Å²) in [7, 11) is -1.70. The van der Waals surface area contributed by atoms with Crippen LogP contribution in [0, 0.1) is 0 Å². The Labute approximate surface area is 113 Å². The molecule has 0 bridgehead atoms. The summed E-state index contributed by atoms with van der Waals surface area (Å²) in [6.07, 6.45) is -0.545. The minimum atomic E-state index is -1.70. The number of halogens is 3. The Morgan fingerprint density at radius 3 is 1.88 bits per heavy atom. The average Bonchev–Trinajstić information content (AvgIpc) is 2.20. The molecule has 6 heteroatoms. The van der Waals surface area contributed by atoms with Gasteiger partial charge in [0.05, 0.1) is 13.6 Å². The number of rotatable bonds is 4. The molecular weight excluding hydrogens is 287 g/mol. The Balaban J connectivity index is 2.96. The molecule has 2 nitrogen and oxygen atoms in total. The Kier molecular flexibility index (Phi) is 4.61. The normalized spacial score (nSPS) is 26.2. The van der Waals surface area contributed by atoms with Crippen LogP contribution in [0.1, 0.15) is 20.8 Å². The van der Waals surface area contributed by atoms with Crippen molar-refractivity contribution in [2.24, 2.45) is 0 Å². The highest BCUT2D eigenvalue weighted by Gasteiger charge is 2.61. The van der Waals surface area contributed by atoms with Crippen molar-refractivity contribution >= 4 is 48.8 Å². The maximum Gasteiger partial charge on any atom is 0.310 e. The number of hydrogen-bond acceptors (Lipinski definition) is 2. The molecule has 1 fully saturated rings. The van der Waals surface area contributed by atoms with Crippen LogP contribution in [-0.2, 0) is 9.53 Å². The molecule has 16 heavy (non-hydrogen) atoms. The molecule has 0 aromatic carbocycles. The van der Waals surface area contributed by atoms with Gasteiger partial charge in [0.25, 0.3) is 0 Å². The van der Waals surface area contributed by atoms with Gasteiger partial charge in [-0.1, -0.05) is 73.7 Å². The molecule has 1 saturated heterocycles. The number of carbonyl (C=O) groups excluding carboxylic acids is 1. The van der Waals surface area contributed by atoms with Crippen molar-refractivity contribution in [1.82, 2.24) is 0 Å². The summed E-state index contributed by atoms with van der Waals surface area (Å²) in [5, 5.41) is 0. The first-order chi connectivity index (χ1) is 7.32. The zero-order valence-electron chi connectivity index (χ0n) is 9.73. The van der Waals surface area contributed by atoms with Gasteiger partial charge in [-0.15, -0.1) is 0 Å². The maximum atomic E-state index is 11.6. The lowest BCUT2D eigenvalue weighted by Crippen LogP contribution is -2.60. The van der Waals surface area contributed by atoms with Crippen molar-refractivity contribution in [2.75, 3.05) is 0 Å². The van der Waals surface area contributed by atoms with Crippen LogP contribution >= 0.6 is 34.8 Å². The van der Waals surface area contributed by atoms with Crippen molar-refractivity contribution < 1.29 is 9.53 Å². The van der Waals surface area contributed by atoms with Crippen molar-refractivity contribution in [1.29, 1.82) is 0 Å². The summed E-state index contributed by atoms with van der Waals surface area (Å²) in [6, 6.07) is 3.07. The average molecular weight is 304 g/mol. The van der Waals surface area contributed by atoms with E-state index < -0.39 is 18.0 Å². The highest BCUT2D eigenvalue weighted by molar-refractivity contribution is 6.85. The van der Waals surface area contributed by atoms with Crippen LogP contribution in [-0.4, -0.2) is 23.9 Å². The third-order valence-electron chi connectivity index (χ3n) is 3.89. The van der Waals surface area contributed by atoms with E-state index in [1.54, 1.807) is 0 Å². The number of hydrogen-bond donors (Lipinski definition) is 0. The second-order valence-corrected chi connectivity index (χ2v) is 12.1. The van der Waals surface area contributed by atoms with Gasteiger partial charge in [0.2, 0.25) is 3.79 Å². The lowest BCUT2D eigenvalue weighted by Gasteiger charge is -2.48. The van der Waals surface area contributed by atoms with Gasteiger partial charge < -0.3 is 4.74 Å². The van der Waals surface area contributed by atoms with Crippen molar-refractivity contribution in [3.05, 3.63) is 0 Å². The van der Waals surface area contributed by atoms with Crippen LogP contribution in [0.2, 0.25) is 23.7 Å². The first-order valence-electron chi connectivity index (χ1n) is 5.59. The fraction of sp³-hybridized carbons (Fsp3) is 0.900. The van der Waals surface area contributed by atoms with E-state index in [1.807, 2.05) is 0 Å². The molecule has 0 aliphatic carbocycles. The molecule has 1 aliphatic heterocycles. The monoisotopic (exact) mass is 302 g/mol. The van der Waals surface area contributed by atoms with Crippen molar-refractivity contribution in [3.63, 3.8) is 0 Å². The predicted octanol–water partition coefficient (Wildman–Crippen LogP) is 4.16. The van der Waals surface area contributed by atoms with Crippen LogP contribution in [0.15, 0.2) is 0 Å². The number of cyclic esters (lactones) is 1. The third kappa shape index (κ3) is 2.38. The van der Waals surface area contributed by atoms with E-state index in [9.17, 15) is 4.79 Å². The molecule has 0 radical (unpaired) electrons. The van der Waals surface area contributed by atoms with E-state index in [4.69, 9.17) is 39.5 Å². The van der Waals surface area contributed by atoms with E-state index in [0.29, 0.717) is 0 Å². The summed E-state index contributed by atoms with van der Waals surface area (Å²) in [5.74, 6) is -0.173. The number of alkyl halides is 3. The van der Waals surface area contributed by atoms with Gasteiger partial charge >= 0.3 is 5.97 Å². The van der Waals surface area contributed by atoms with Gasteiger partial charge in [-0.25, -0.2) is 0 Å². The number of ether oxygens (including phenoxy) is 1. The molecular formula is C10H17Cl3O2Si. The Hall–Kier alpha value is 0.557. The second-order valence-electron chi connectivity index (χ2n) is 4.30. The molecule has 94 valence electrons. The SMILES string of the molecule is CC[Si](CC)(CC)C1C(=O)OC1C(Cl)(Cl)Cl. The molecule has 2 unspecified atom stereocenters. The molecule has 0 saturated carbocycles. The third-order valence-corrected chi connectivity index (χ3v) is 10.6. The van der Waals surface area contributed by atoms with Crippen LogP contribution in [0.3, 0.4) is 0 Å². The molecule has 0 N–H and O–H groups in total. The van der Waals surface area contributed by atoms with E-state index in [1.165, 1.54) is 0 Å². The number of carbonyl (C=O) groups is 1. The topological polar surface area (TPSA) is 26.3 Å². The van der Waals surface area contributed by atoms with Gasteiger partial charge in [-0.2, -0.15) is 0 Å². The Bertz CT molecular complexity index is 265. The number of esters is 1. The van der Waals surface area contributed by atoms with E-state index in [-0.39, 0.29) is 11.5 Å². The smallest absolute Gasteiger partial charge is 0.310 e. The van der Waals surface area contributed by atoms with Crippen LogP contribution in [0.5, 0.6) is 0 Å². The van der Waals surface area contributed by atoms with Gasteiger partial charge in [0.15, 0.2) is 6.10 Å². The summed E-state index contributed by atoms with van der Waals surface area (Å²) in [5.41, 5.74) is -0.153. The second kappa shape index (κ2) is 5.05. The van der Waals surface area contributed by atoms with E-state index in [2.05, 4.69) is 20.8 Å². The summed E-state index contributed by atoms with van der Waals surface area (Å²) in [6.45, 7) is 6.38. The van der Waals surface area contributed by atoms with E-state index in [0.717, 1.165) is 18.1 Å². The maximum absolute atomic E-state index is 11.6. The first-order valence-corrected chi connectivity index (χ1v) is 9.42. The zero-order valence-corrected chi connectivity index (χ0v) is 13.0. The summed E-state index contributed by atoms with van der Waals surface area (Å²) in [4.78, 5) is 11.6. The predicted molar refractivity (Wildman–Crippen MR) is 71.1 cm³/mol. The fourth-order valence-corrected chi connectivity index (χ4v) is 7.73. The highest BCUT2D eigenvalue weighted by Crippen LogP contribution is 2.51. The van der Waals surface area contributed by atoms with Crippen molar-refractivity contribution in [3.8, 4) is 0 Å². The van der Waals surface area contributed by atoms with Gasteiger partial charge in [-0.3, -0.25) is 4.79 Å². The largest absolute Gasteiger partial charge is 0.457 e. The Morgan fingerprint density at radius 2 is 1.62 bits per heavy atom.